The highest BCUT2D eigenvalue weighted by Gasteiger charge is 2.03. The molecule has 0 saturated carbocycles. The van der Waals surface area contributed by atoms with Gasteiger partial charge in [0.1, 0.15) is 0 Å². The zero-order valence-electron chi connectivity index (χ0n) is 6.99. The molecule has 2 aromatic heterocycles. The summed E-state index contributed by atoms with van der Waals surface area (Å²) < 4.78 is 5.97. The maximum atomic E-state index is 5.02. The number of methoxy groups -OCH3 is 1. The Morgan fingerprint density at radius 1 is 1.46 bits per heavy atom. The van der Waals surface area contributed by atoms with Gasteiger partial charge >= 0.3 is 0 Å². The van der Waals surface area contributed by atoms with Crippen molar-refractivity contribution in [3.8, 4) is 5.88 Å². The van der Waals surface area contributed by atoms with Crippen molar-refractivity contribution >= 4 is 27.0 Å². The van der Waals surface area contributed by atoms with Gasteiger partial charge in [-0.15, -0.1) is 0 Å². The number of rotatable bonds is 1. The largest absolute Gasteiger partial charge is 0.481 e. The molecule has 0 saturated heterocycles. The van der Waals surface area contributed by atoms with Crippen LogP contribution in [0.2, 0.25) is 0 Å². The Balaban J connectivity index is 2.77. The lowest BCUT2D eigenvalue weighted by Gasteiger charge is -2.02. The summed E-state index contributed by atoms with van der Waals surface area (Å²) in [4.78, 5) is 8.32. The molecule has 0 N–H and O–H groups in total. The number of hydrogen-bond acceptors (Lipinski definition) is 3. The third kappa shape index (κ3) is 1.49. The first-order chi connectivity index (χ1) is 6.31. The second-order valence-electron chi connectivity index (χ2n) is 2.52. The van der Waals surface area contributed by atoms with E-state index in [9.17, 15) is 0 Å². The van der Waals surface area contributed by atoms with Gasteiger partial charge in [0.15, 0.2) is 5.65 Å². The average molecular weight is 239 g/mol. The van der Waals surface area contributed by atoms with Crippen molar-refractivity contribution in [2.24, 2.45) is 0 Å². The van der Waals surface area contributed by atoms with Crippen LogP contribution in [0.5, 0.6) is 5.88 Å². The van der Waals surface area contributed by atoms with Gasteiger partial charge in [0.2, 0.25) is 5.88 Å². The molecule has 0 atom stereocenters. The van der Waals surface area contributed by atoms with Crippen LogP contribution < -0.4 is 4.74 Å². The monoisotopic (exact) mass is 238 g/mol. The molecule has 4 heteroatoms. The molecule has 0 radical (unpaired) electrons. The van der Waals surface area contributed by atoms with E-state index in [1.807, 2.05) is 18.2 Å². The van der Waals surface area contributed by atoms with Gasteiger partial charge < -0.3 is 4.74 Å². The molecule has 0 fully saturated rings. The van der Waals surface area contributed by atoms with Crippen LogP contribution in [-0.2, 0) is 0 Å². The Morgan fingerprint density at radius 3 is 3.08 bits per heavy atom. The van der Waals surface area contributed by atoms with Crippen LogP contribution in [0, 0.1) is 0 Å². The van der Waals surface area contributed by atoms with Gasteiger partial charge in [0, 0.05) is 22.1 Å². The quantitative estimate of drug-likeness (QED) is 0.766. The smallest absolute Gasteiger partial charge is 0.216 e. The second-order valence-corrected chi connectivity index (χ2v) is 3.38. The third-order valence-electron chi connectivity index (χ3n) is 1.72. The number of ether oxygens (including phenoxy) is 1. The van der Waals surface area contributed by atoms with Crippen molar-refractivity contribution in [3.63, 3.8) is 0 Å². The zero-order chi connectivity index (χ0) is 9.26. The van der Waals surface area contributed by atoms with Crippen molar-refractivity contribution in [2.75, 3.05) is 7.11 Å². The number of hydrogen-bond donors (Lipinski definition) is 0. The highest BCUT2D eigenvalue weighted by molar-refractivity contribution is 9.10. The third-order valence-corrected chi connectivity index (χ3v) is 2.38. The van der Waals surface area contributed by atoms with Crippen molar-refractivity contribution in [3.05, 3.63) is 28.9 Å². The first-order valence-electron chi connectivity index (χ1n) is 3.76. The molecule has 0 unspecified atom stereocenters. The van der Waals surface area contributed by atoms with Crippen molar-refractivity contribution in [2.45, 2.75) is 0 Å². The summed E-state index contributed by atoms with van der Waals surface area (Å²) in [6, 6.07) is 5.66. The fourth-order valence-electron chi connectivity index (χ4n) is 1.10. The summed E-state index contributed by atoms with van der Waals surface area (Å²) in [5.41, 5.74) is 0.689. The summed E-state index contributed by atoms with van der Waals surface area (Å²) >= 11 is 3.43. The second kappa shape index (κ2) is 3.30. The topological polar surface area (TPSA) is 35.0 Å². The van der Waals surface area contributed by atoms with E-state index in [1.54, 1.807) is 13.3 Å². The minimum Gasteiger partial charge on any atom is -0.481 e. The minimum absolute atomic E-state index is 0.568. The summed E-state index contributed by atoms with van der Waals surface area (Å²) in [6.07, 6.45) is 1.71. The van der Waals surface area contributed by atoms with Gasteiger partial charge in [-0.2, -0.15) is 4.98 Å². The van der Waals surface area contributed by atoms with Crippen LogP contribution in [0.15, 0.2) is 28.9 Å². The van der Waals surface area contributed by atoms with Crippen LogP contribution in [0.1, 0.15) is 0 Å². The van der Waals surface area contributed by atoms with Crippen LogP contribution in [0.4, 0.5) is 0 Å². The van der Waals surface area contributed by atoms with E-state index in [0.717, 1.165) is 9.86 Å². The summed E-state index contributed by atoms with van der Waals surface area (Å²) in [7, 11) is 1.59. The SMILES string of the molecule is COc1cc(Br)c2cccnc2n1. The van der Waals surface area contributed by atoms with Gasteiger partial charge in [-0.25, -0.2) is 4.98 Å². The molecule has 2 heterocycles. The molecule has 0 aliphatic carbocycles. The van der Waals surface area contributed by atoms with Gasteiger partial charge in [-0.3, -0.25) is 0 Å². The van der Waals surface area contributed by atoms with Crippen LogP contribution in [0.25, 0.3) is 11.0 Å². The summed E-state index contributed by atoms with van der Waals surface area (Å²) in [6.45, 7) is 0. The zero-order valence-corrected chi connectivity index (χ0v) is 8.58. The predicted molar refractivity (Wildman–Crippen MR) is 53.8 cm³/mol. The standard InChI is InChI=1S/C9H7BrN2O/c1-13-8-5-7(10)6-3-2-4-11-9(6)12-8/h2-5H,1H3. The Labute approximate surface area is 83.9 Å². The van der Waals surface area contributed by atoms with E-state index in [1.165, 1.54) is 0 Å². The van der Waals surface area contributed by atoms with E-state index < -0.39 is 0 Å². The Morgan fingerprint density at radius 2 is 2.31 bits per heavy atom. The number of nitrogens with zero attached hydrogens (tertiary/aromatic N) is 2. The Kier molecular flexibility index (Phi) is 2.14. The number of pyridine rings is 2. The van der Waals surface area contributed by atoms with E-state index in [0.29, 0.717) is 11.5 Å². The molecule has 66 valence electrons. The Hall–Kier alpha value is -1.16. The highest BCUT2D eigenvalue weighted by Crippen LogP contribution is 2.24. The maximum Gasteiger partial charge on any atom is 0.216 e. The fraction of sp³-hybridized carbons (Fsp3) is 0.111. The molecule has 0 aliphatic rings. The number of fused-ring (bicyclic) bond motifs is 1. The minimum atomic E-state index is 0.568. The van der Waals surface area contributed by atoms with Crippen molar-refractivity contribution in [1.82, 2.24) is 9.97 Å². The molecule has 0 amide bonds. The molecule has 0 aromatic carbocycles. The number of halogens is 1. The normalized spacial score (nSPS) is 10.3. The lowest BCUT2D eigenvalue weighted by atomic mass is 10.3. The Bertz CT molecular complexity index is 445. The molecule has 0 aliphatic heterocycles. The molecule has 13 heavy (non-hydrogen) atoms. The first-order valence-corrected chi connectivity index (χ1v) is 4.56. The average Bonchev–Trinajstić information content (AvgIpc) is 2.18. The van der Waals surface area contributed by atoms with Gasteiger partial charge in [0.05, 0.1) is 7.11 Å². The van der Waals surface area contributed by atoms with Gasteiger partial charge in [0.25, 0.3) is 0 Å². The van der Waals surface area contributed by atoms with E-state index in [-0.39, 0.29) is 0 Å². The van der Waals surface area contributed by atoms with Gasteiger partial charge in [-0.05, 0) is 28.1 Å². The fourth-order valence-corrected chi connectivity index (χ4v) is 1.61. The van der Waals surface area contributed by atoms with Crippen molar-refractivity contribution < 1.29 is 4.74 Å². The van der Waals surface area contributed by atoms with Gasteiger partial charge in [-0.1, -0.05) is 0 Å². The van der Waals surface area contributed by atoms with Crippen LogP contribution >= 0.6 is 15.9 Å². The molecular weight excluding hydrogens is 232 g/mol. The van der Waals surface area contributed by atoms with E-state index >= 15 is 0 Å². The highest BCUT2D eigenvalue weighted by atomic mass is 79.9. The molecular formula is C9H7BrN2O. The first kappa shape index (κ1) is 8.44. The molecule has 0 spiro atoms. The summed E-state index contributed by atoms with van der Waals surface area (Å²) in [5, 5.41) is 0.989. The molecule has 2 aromatic rings. The molecule has 2 rings (SSSR count). The molecule has 0 bridgehead atoms. The predicted octanol–water partition coefficient (Wildman–Crippen LogP) is 2.40. The van der Waals surface area contributed by atoms with Crippen LogP contribution in [0.3, 0.4) is 0 Å². The van der Waals surface area contributed by atoms with E-state index in [4.69, 9.17) is 4.74 Å². The number of aromatic nitrogens is 2. The van der Waals surface area contributed by atoms with Crippen LogP contribution in [-0.4, -0.2) is 17.1 Å². The molecule has 3 nitrogen and oxygen atoms in total. The lowest BCUT2D eigenvalue weighted by molar-refractivity contribution is 0.399. The van der Waals surface area contributed by atoms with E-state index in [2.05, 4.69) is 25.9 Å². The maximum absolute atomic E-state index is 5.02. The lowest BCUT2D eigenvalue weighted by Crippen LogP contribution is -1.90. The summed E-state index contributed by atoms with van der Waals surface area (Å²) in [5.74, 6) is 0.568. The van der Waals surface area contributed by atoms with Crippen molar-refractivity contribution in [1.29, 1.82) is 0 Å².